The minimum absolute atomic E-state index is 0.0200. The van der Waals surface area contributed by atoms with E-state index in [0.717, 1.165) is 38.5 Å². The van der Waals surface area contributed by atoms with Crippen molar-refractivity contribution >= 4 is 19.8 Å². The number of quaternary nitrogens is 1. The molecule has 0 radical (unpaired) electrons. The van der Waals surface area contributed by atoms with Crippen molar-refractivity contribution in [3.05, 3.63) is 97.2 Å². The number of likely N-dealkylation sites (N-methyl/N-ethyl adjacent to an activating group) is 1. The number of carbonyl (C=O) groups is 2. The highest BCUT2D eigenvalue weighted by Crippen LogP contribution is 2.38. The van der Waals surface area contributed by atoms with Crippen LogP contribution in [-0.4, -0.2) is 81.2 Å². The van der Waals surface area contributed by atoms with E-state index in [-0.39, 0.29) is 26.1 Å². The smallest absolute Gasteiger partial charge is 0.306 e. The number of aliphatic hydroxyl groups excluding tert-OH is 1. The summed E-state index contributed by atoms with van der Waals surface area (Å²) in [6.07, 6.45) is 50.5. The molecule has 0 amide bonds. The summed E-state index contributed by atoms with van der Waals surface area (Å²) in [4.78, 5) is 37.6. The van der Waals surface area contributed by atoms with Crippen molar-refractivity contribution in [2.24, 2.45) is 0 Å². The van der Waals surface area contributed by atoms with E-state index in [2.05, 4.69) is 74.6 Å². The van der Waals surface area contributed by atoms with Gasteiger partial charge in [-0.15, -0.1) is 0 Å². The number of phosphoric ester groups is 1. The number of hydrogen-bond acceptors (Lipinski definition) is 9. The predicted molar refractivity (Wildman–Crippen MR) is 251 cm³/mol. The van der Waals surface area contributed by atoms with Crippen molar-refractivity contribution in [1.29, 1.82) is 0 Å². The first-order chi connectivity index (χ1) is 29.4. The topological polar surface area (TPSA) is 131 Å². The number of nitrogens with zero attached hydrogens (tertiary/aromatic N) is 1. The van der Waals surface area contributed by atoms with Crippen LogP contribution in [0.15, 0.2) is 97.2 Å². The molecule has 61 heavy (non-hydrogen) atoms. The Balaban J connectivity index is 4.65. The quantitative estimate of drug-likeness (QED) is 0.0160. The van der Waals surface area contributed by atoms with Crippen LogP contribution >= 0.6 is 7.82 Å². The second kappa shape index (κ2) is 40.9. The van der Waals surface area contributed by atoms with Gasteiger partial charge in [0.2, 0.25) is 0 Å². The lowest BCUT2D eigenvalue weighted by Crippen LogP contribution is -2.37. The highest BCUT2D eigenvalue weighted by molar-refractivity contribution is 7.45. The Morgan fingerprint density at radius 1 is 0.607 bits per heavy atom. The van der Waals surface area contributed by atoms with E-state index in [4.69, 9.17) is 18.5 Å². The molecule has 0 heterocycles. The van der Waals surface area contributed by atoms with Gasteiger partial charge in [-0.1, -0.05) is 156 Å². The third-order valence-corrected chi connectivity index (χ3v) is 10.2. The van der Waals surface area contributed by atoms with Gasteiger partial charge in [-0.2, -0.15) is 0 Å². The number of hydrogen-bond donors (Lipinski definition) is 1. The largest absolute Gasteiger partial charge is 0.756 e. The Labute approximate surface area is 371 Å². The lowest BCUT2D eigenvalue weighted by molar-refractivity contribution is -0.870. The number of esters is 2. The molecule has 0 bridgehead atoms. The molecule has 3 atom stereocenters. The highest BCUT2D eigenvalue weighted by Gasteiger charge is 2.22. The van der Waals surface area contributed by atoms with Crippen LogP contribution in [0.5, 0.6) is 0 Å². The molecule has 0 saturated carbocycles. The fraction of sp³-hybridized carbons (Fsp3) is 0.640. The molecule has 348 valence electrons. The van der Waals surface area contributed by atoms with Crippen molar-refractivity contribution in [2.75, 3.05) is 47.5 Å². The molecule has 0 fully saturated rings. The van der Waals surface area contributed by atoms with Crippen LogP contribution in [0.2, 0.25) is 0 Å². The SMILES string of the molecule is CCCCC/C=C\C/C=C\C/C=C\C/C=C\C/C=C\CCC(=O)OC[C@H](COP(=O)([O-])OCC[N+](C)(C)C)OC(=O)CCCC(O)/C=C/C=C/C/C=C/CCCCCCCC. The minimum atomic E-state index is -4.70. The maximum atomic E-state index is 12.7. The number of allylic oxidation sites excluding steroid dienone is 15. The Hall–Kier alpha value is -3.11. The molecule has 0 spiro atoms. The van der Waals surface area contributed by atoms with Crippen molar-refractivity contribution in [2.45, 2.75) is 161 Å². The average molecular weight is 874 g/mol. The van der Waals surface area contributed by atoms with Crippen LogP contribution in [0.3, 0.4) is 0 Å². The van der Waals surface area contributed by atoms with E-state index in [1.165, 1.54) is 64.2 Å². The summed E-state index contributed by atoms with van der Waals surface area (Å²) < 4.78 is 33.7. The lowest BCUT2D eigenvalue weighted by atomic mass is 10.1. The van der Waals surface area contributed by atoms with Gasteiger partial charge in [-0.05, 0) is 77.0 Å². The Morgan fingerprint density at radius 2 is 1.11 bits per heavy atom. The Morgan fingerprint density at radius 3 is 1.70 bits per heavy atom. The van der Waals surface area contributed by atoms with E-state index in [0.29, 0.717) is 30.3 Å². The second-order valence-electron chi connectivity index (χ2n) is 16.3. The van der Waals surface area contributed by atoms with Crippen molar-refractivity contribution in [3.63, 3.8) is 0 Å². The molecule has 11 heteroatoms. The molecular weight excluding hydrogens is 790 g/mol. The Kier molecular flexibility index (Phi) is 38.8. The van der Waals surface area contributed by atoms with Gasteiger partial charge in [-0.3, -0.25) is 14.2 Å². The molecule has 2 unspecified atom stereocenters. The first-order valence-corrected chi connectivity index (χ1v) is 24.5. The van der Waals surface area contributed by atoms with Gasteiger partial charge in [0.15, 0.2) is 6.10 Å². The van der Waals surface area contributed by atoms with E-state index >= 15 is 0 Å². The zero-order chi connectivity index (χ0) is 45.1. The van der Waals surface area contributed by atoms with Gasteiger partial charge in [0.05, 0.1) is 33.9 Å². The molecule has 1 N–H and O–H groups in total. The third-order valence-electron chi connectivity index (χ3n) is 9.19. The number of carbonyl (C=O) groups excluding carboxylic acids is 2. The monoisotopic (exact) mass is 874 g/mol. The maximum absolute atomic E-state index is 12.7. The summed E-state index contributed by atoms with van der Waals surface area (Å²) >= 11 is 0. The van der Waals surface area contributed by atoms with E-state index < -0.39 is 38.6 Å². The van der Waals surface area contributed by atoms with Gasteiger partial charge >= 0.3 is 11.9 Å². The van der Waals surface area contributed by atoms with E-state index in [1.807, 2.05) is 45.4 Å². The van der Waals surface area contributed by atoms with Crippen LogP contribution in [0.25, 0.3) is 0 Å². The first kappa shape index (κ1) is 57.9. The van der Waals surface area contributed by atoms with Crippen molar-refractivity contribution in [1.82, 2.24) is 0 Å². The highest BCUT2D eigenvalue weighted by atomic mass is 31.2. The summed E-state index contributed by atoms with van der Waals surface area (Å²) in [6, 6.07) is 0. The molecule has 0 aliphatic heterocycles. The zero-order valence-corrected chi connectivity index (χ0v) is 39.6. The summed E-state index contributed by atoms with van der Waals surface area (Å²) in [5.74, 6) is -1.14. The molecular formula is C50H84NO9P. The van der Waals surface area contributed by atoms with Gasteiger partial charge in [0.25, 0.3) is 7.82 Å². The van der Waals surface area contributed by atoms with Gasteiger partial charge in [0, 0.05) is 12.8 Å². The molecule has 0 aromatic carbocycles. The zero-order valence-electron chi connectivity index (χ0n) is 38.7. The maximum Gasteiger partial charge on any atom is 0.306 e. The van der Waals surface area contributed by atoms with Gasteiger partial charge in [0.1, 0.15) is 19.8 Å². The minimum Gasteiger partial charge on any atom is -0.756 e. The first-order valence-electron chi connectivity index (χ1n) is 23.1. The number of unbranched alkanes of at least 4 members (excludes halogenated alkanes) is 9. The molecule has 0 aliphatic carbocycles. The van der Waals surface area contributed by atoms with Gasteiger partial charge < -0.3 is 33.0 Å². The normalized spacial score (nSPS) is 14.9. The van der Waals surface area contributed by atoms with Crippen LogP contribution < -0.4 is 4.89 Å². The summed E-state index contributed by atoms with van der Waals surface area (Å²) in [5, 5.41) is 10.3. The summed E-state index contributed by atoms with van der Waals surface area (Å²) in [5.41, 5.74) is 0. The summed E-state index contributed by atoms with van der Waals surface area (Å²) in [7, 11) is 0.998. The predicted octanol–water partition coefficient (Wildman–Crippen LogP) is 11.7. The van der Waals surface area contributed by atoms with Crippen LogP contribution in [0.4, 0.5) is 0 Å². The average Bonchev–Trinajstić information content (AvgIpc) is 3.21. The second-order valence-corrected chi connectivity index (χ2v) is 17.7. The van der Waals surface area contributed by atoms with Crippen molar-refractivity contribution < 1.29 is 47.2 Å². The summed E-state index contributed by atoms with van der Waals surface area (Å²) in [6.45, 7) is 3.86. The molecule has 0 rings (SSSR count). The number of aliphatic hydroxyl groups is 1. The fourth-order valence-electron chi connectivity index (χ4n) is 5.53. The standard InChI is InChI=1S/C50H84NO9P/c1-6-8-10-12-14-16-18-20-21-22-23-24-25-27-29-31-33-35-37-41-49(53)57-45-48(46-59-61(55,56)58-44-43-51(3,4)5)60-50(54)42-38-40-47(52)39-36-34-32-30-28-26-19-17-15-13-11-9-7-2/h14,16,20-21,23-24,26-29,32-36,39,47-48,52H,6-13,15,17-19,22,25,30-31,37-38,40-46H2,1-5H3/b16-14-,21-20-,24-23-,28-26+,29-27-,34-32+,35-33-,39-36+/t47?,48-/m1/s1. The fourth-order valence-corrected chi connectivity index (χ4v) is 6.26. The number of ether oxygens (including phenoxy) is 2. The molecule has 0 aliphatic rings. The molecule has 0 aromatic rings. The van der Waals surface area contributed by atoms with E-state index in [9.17, 15) is 24.2 Å². The third kappa shape index (κ3) is 44.7. The molecule has 10 nitrogen and oxygen atoms in total. The molecule has 0 aromatic heterocycles. The molecule has 0 saturated heterocycles. The van der Waals surface area contributed by atoms with Crippen molar-refractivity contribution in [3.8, 4) is 0 Å². The Bertz CT molecular complexity index is 1370. The van der Waals surface area contributed by atoms with Crippen LogP contribution in [-0.2, 0) is 32.7 Å². The van der Waals surface area contributed by atoms with Gasteiger partial charge in [-0.25, -0.2) is 0 Å². The van der Waals surface area contributed by atoms with Crippen LogP contribution in [0, 0.1) is 0 Å². The number of rotatable bonds is 40. The van der Waals surface area contributed by atoms with E-state index in [1.54, 1.807) is 12.2 Å². The van der Waals surface area contributed by atoms with Crippen LogP contribution in [0.1, 0.15) is 149 Å². The lowest BCUT2D eigenvalue weighted by Gasteiger charge is -2.28. The number of phosphoric acid groups is 1.